The standard InChI is InChI=1S/C21H21N7O3S/c1-12-13(2)28(9-14-6-5-7-32-14)18(15(12)8-22)24-16(29)10-27-11-23-19-17(27)20(30)26(4)21(31)25(19)3/h5-7,11H,9-10H2,1-4H3,(H,24,29). The van der Waals surface area contributed by atoms with Crippen molar-refractivity contribution in [3.05, 3.63) is 66.4 Å². The van der Waals surface area contributed by atoms with Crippen molar-refractivity contribution in [1.29, 1.82) is 5.26 Å². The Kier molecular flexibility index (Phi) is 5.31. The van der Waals surface area contributed by atoms with Gasteiger partial charge in [0.15, 0.2) is 11.2 Å². The zero-order chi connectivity index (χ0) is 23.2. The Hall–Kier alpha value is -3.91. The molecule has 0 radical (unpaired) electrons. The van der Waals surface area contributed by atoms with E-state index in [4.69, 9.17) is 0 Å². The van der Waals surface area contributed by atoms with Gasteiger partial charge in [-0.1, -0.05) is 6.07 Å². The third-order valence-electron chi connectivity index (χ3n) is 5.62. The Bertz CT molecular complexity index is 1510. The molecular formula is C21H21N7O3S. The number of hydrogen-bond donors (Lipinski definition) is 1. The Morgan fingerprint density at radius 3 is 2.66 bits per heavy atom. The lowest BCUT2D eigenvalue weighted by molar-refractivity contribution is -0.116. The van der Waals surface area contributed by atoms with Gasteiger partial charge in [0, 0.05) is 24.7 Å². The molecule has 0 aromatic carbocycles. The van der Waals surface area contributed by atoms with E-state index in [2.05, 4.69) is 16.4 Å². The monoisotopic (exact) mass is 451 g/mol. The molecule has 32 heavy (non-hydrogen) atoms. The number of nitriles is 1. The van der Waals surface area contributed by atoms with Crippen LogP contribution in [0, 0.1) is 25.2 Å². The van der Waals surface area contributed by atoms with Gasteiger partial charge < -0.3 is 14.5 Å². The van der Waals surface area contributed by atoms with Crippen LogP contribution in [0.3, 0.4) is 0 Å². The largest absolute Gasteiger partial charge is 0.332 e. The van der Waals surface area contributed by atoms with Crippen molar-refractivity contribution in [2.75, 3.05) is 5.32 Å². The van der Waals surface area contributed by atoms with E-state index in [1.54, 1.807) is 11.3 Å². The summed E-state index contributed by atoms with van der Waals surface area (Å²) in [6.07, 6.45) is 1.36. The minimum atomic E-state index is -0.529. The molecule has 164 valence electrons. The van der Waals surface area contributed by atoms with E-state index in [1.807, 2.05) is 35.9 Å². The van der Waals surface area contributed by atoms with Crippen LogP contribution in [0.1, 0.15) is 21.7 Å². The molecule has 1 amide bonds. The predicted molar refractivity (Wildman–Crippen MR) is 121 cm³/mol. The number of thiophene rings is 1. The van der Waals surface area contributed by atoms with Crippen LogP contribution in [-0.2, 0) is 32.0 Å². The number of nitrogens with one attached hydrogen (secondary N) is 1. The molecule has 10 nitrogen and oxygen atoms in total. The average Bonchev–Trinajstić information content (AvgIpc) is 3.47. The van der Waals surface area contributed by atoms with Gasteiger partial charge in [-0.15, -0.1) is 11.3 Å². The molecule has 0 atom stereocenters. The molecule has 11 heteroatoms. The van der Waals surface area contributed by atoms with E-state index in [0.717, 1.165) is 20.7 Å². The zero-order valence-electron chi connectivity index (χ0n) is 18.0. The Morgan fingerprint density at radius 1 is 1.25 bits per heavy atom. The Balaban J connectivity index is 1.70. The van der Waals surface area contributed by atoms with Crippen molar-refractivity contribution in [2.45, 2.75) is 26.9 Å². The molecule has 0 aliphatic rings. The van der Waals surface area contributed by atoms with Gasteiger partial charge in [0.05, 0.1) is 18.4 Å². The van der Waals surface area contributed by atoms with Gasteiger partial charge in [0.1, 0.15) is 18.4 Å². The fourth-order valence-electron chi connectivity index (χ4n) is 3.73. The molecule has 0 aliphatic heterocycles. The van der Waals surface area contributed by atoms with Crippen molar-refractivity contribution in [3.8, 4) is 6.07 Å². The molecule has 1 N–H and O–H groups in total. The van der Waals surface area contributed by atoms with Crippen molar-refractivity contribution >= 4 is 34.2 Å². The summed E-state index contributed by atoms with van der Waals surface area (Å²) in [5, 5.41) is 14.5. The van der Waals surface area contributed by atoms with Crippen LogP contribution < -0.4 is 16.6 Å². The topological polar surface area (TPSA) is 120 Å². The highest BCUT2D eigenvalue weighted by Crippen LogP contribution is 2.28. The van der Waals surface area contributed by atoms with Crippen molar-refractivity contribution in [3.63, 3.8) is 0 Å². The molecule has 0 unspecified atom stereocenters. The highest BCUT2D eigenvalue weighted by atomic mass is 32.1. The first kappa shape index (κ1) is 21.3. The highest BCUT2D eigenvalue weighted by molar-refractivity contribution is 7.09. The lowest BCUT2D eigenvalue weighted by atomic mass is 10.2. The fourth-order valence-corrected chi connectivity index (χ4v) is 4.42. The van der Waals surface area contributed by atoms with Crippen LogP contribution in [0.5, 0.6) is 0 Å². The quantitative estimate of drug-likeness (QED) is 0.493. The van der Waals surface area contributed by atoms with E-state index in [1.165, 1.54) is 29.6 Å². The maximum Gasteiger partial charge on any atom is 0.332 e. The molecule has 4 aromatic rings. The molecule has 0 fully saturated rings. The summed E-state index contributed by atoms with van der Waals surface area (Å²) >= 11 is 1.59. The SMILES string of the molecule is Cc1c(C#N)c(NC(=O)Cn2cnc3c2c(=O)n(C)c(=O)n3C)n(Cc2cccs2)c1C. The molecule has 0 aliphatic carbocycles. The summed E-state index contributed by atoms with van der Waals surface area (Å²) in [6, 6.07) is 6.13. The normalized spacial score (nSPS) is 11.1. The first-order chi connectivity index (χ1) is 15.2. The average molecular weight is 452 g/mol. The maximum atomic E-state index is 13.0. The van der Waals surface area contributed by atoms with Crippen LogP contribution in [0.15, 0.2) is 33.4 Å². The summed E-state index contributed by atoms with van der Waals surface area (Å²) in [4.78, 5) is 42.9. The predicted octanol–water partition coefficient (Wildman–Crippen LogP) is 1.47. The van der Waals surface area contributed by atoms with Gasteiger partial charge in [0.25, 0.3) is 5.56 Å². The molecule has 4 aromatic heterocycles. The number of carbonyl (C=O) groups excluding carboxylic acids is 1. The van der Waals surface area contributed by atoms with Gasteiger partial charge in [-0.25, -0.2) is 9.78 Å². The summed E-state index contributed by atoms with van der Waals surface area (Å²) in [5.74, 6) is 0.00672. The minimum Gasteiger partial charge on any atom is -0.325 e. The van der Waals surface area contributed by atoms with E-state index < -0.39 is 17.2 Å². The number of fused-ring (bicyclic) bond motifs is 1. The number of aryl methyl sites for hydroxylation is 1. The van der Waals surface area contributed by atoms with Gasteiger partial charge in [-0.2, -0.15) is 5.26 Å². The van der Waals surface area contributed by atoms with Gasteiger partial charge in [0.2, 0.25) is 5.91 Å². The van der Waals surface area contributed by atoms with Crippen LogP contribution in [0.2, 0.25) is 0 Å². The lowest BCUT2D eigenvalue weighted by Crippen LogP contribution is -2.37. The first-order valence-electron chi connectivity index (χ1n) is 9.77. The first-order valence-corrected chi connectivity index (χ1v) is 10.7. The molecule has 4 rings (SSSR count). The Labute approximate surface area is 186 Å². The molecule has 0 saturated carbocycles. The number of imidazole rings is 1. The second-order valence-electron chi connectivity index (χ2n) is 7.51. The van der Waals surface area contributed by atoms with E-state index in [9.17, 15) is 19.6 Å². The van der Waals surface area contributed by atoms with Crippen LogP contribution in [0.25, 0.3) is 11.2 Å². The van der Waals surface area contributed by atoms with E-state index >= 15 is 0 Å². The molecule has 4 heterocycles. The van der Waals surface area contributed by atoms with E-state index in [-0.39, 0.29) is 17.7 Å². The highest BCUT2D eigenvalue weighted by Gasteiger charge is 2.21. The minimum absolute atomic E-state index is 0.159. The number of carbonyl (C=O) groups is 1. The van der Waals surface area contributed by atoms with Crippen LogP contribution >= 0.6 is 11.3 Å². The maximum absolute atomic E-state index is 13.0. The second kappa shape index (κ2) is 7.97. The zero-order valence-corrected chi connectivity index (χ0v) is 18.9. The van der Waals surface area contributed by atoms with Crippen LogP contribution in [-0.4, -0.2) is 29.2 Å². The second-order valence-corrected chi connectivity index (χ2v) is 8.54. The van der Waals surface area contributed by atoms with E-state index in [0.29, 0.717) is 17.9 Å². The molecule has 0 spiro atoms. The van der Waals surface area contributed by atoms with Gasteiger partial charge in [-0.3, -0.25) is 18.7 Å². The summed E-state index contributed by atoms with van der Waals surface area (Å²) < 4.78 is 5.56. The smallest absolute Gasteiger partial charge is 0.325 e. The number of rotatable bonds is 5. The number of hydrogen-bond acceptors (Lipinski definition) is 6. The lowest BCUT2D eigenvalue weighted by Gasteiger charge is -2.13. The number of aromatic nitrogens is 5. The van der Waals surface area contributed by atoms with Gasteiger partial charge in [-0.05, 0) is 30.9 Å². The van der Waals surface area contributed by atoms with Gasteiger partial charge >= 0.3 is 5.69 Å². The third kappa shape index (κ3) is 3.34. The third-order valence-corrected chi connectivity index (χ3v) is 6.49. The summed E-state index contributed by atoms with van der Waals surface area (Å²) in [6.45, 7) is 4.09. The molecule has 0 saturated heterocycles. The molecular weight excluding hydrogens is 430 g/mol. The van der Waals surface area contributed by atoms with Crippen molar-refractivity contribution in [2.24, 2.45) is 14.1 Å². The fraction of sp³-hybridized carbons (Fsp3) is 0.286. The van der Waals surface area contributed by atoms with Crippen LogP contribution in [0.4, 0.5) is 5.82 Å². The Morgan fingerprint density at radius 2 is 2.00 bits per heavy atom. The van der Waals surface area contributed by atoms with Crippen molar-refractivity contribution < 1.29 is 4.79 Å². The number of nitrogens with zero attached hydrogens (tertiary/aromatic N) is 6. The number of anilines is 1. The number of amides is 1. The summed E-state index contributed by atoms with van der Waals surface area (Å²) in [5.41, 5.74) is 1.44. The molecule has 0 bridgehead atoms. The van der Waals surface area contributed by atoms with Crippen molar-refractivity contribution in [1.82, 2.24) is 23.3 Å². The summed E-state index contributed by atoms with van der Waals surface area (Å²) in [7, 11) is 2.90.